The summed E-state index contributed by atoms with van der Waals surface area (Å²) < 4.78 is 0. The van der Waals surface area contributed by atoms with E-state index in [1.54, 1.807) is 23.5 Å². The van der Waals surface area contributed by atoms with Crippen molar-refractivity contribution in [2.75, 3.05) is 5.73 Å². The van der Waals surface area contributed by atoms with E-state index in [4.69, 9.17) is 5.73 Å². The van der Waals surface area contributed by atoms with E-state index in [0.29, 0.717) is 5.69 Å². The molecule has 0 spiro atoms. The Bertz CT molecular complexity index is 715. The quantitative estimate of drug-likeness (QED) is 0.738. The number of nitrogens with two attached hydrogens (primary N) is 1. The molecule has 0 fully saturated rings. The molecule has 0 aliphatic heterocycles. The minimum atomic E-state index is 0.710. The lowest BCUT2D eigenvalue weighted by Crippen LogP contribution is -1.93. The predicted octanol–water partition coefficient (Wildman–Crippen LogP) is 4.97. The van der Waals surface area contributed by atoms with E-state index in [1.807, 2.05) is 48.5 Å². The third kappa shape index (κ3) is 3.80. The van der Waals surface area contributed by atoms with Gasteiger partial charge in [-0.3, -0.25) is 0 Å². The van der Waals surface area contributed by atoms with Crippen molar-refractivity contribution in [3.05, 3.63) is 72.8 Å². The van der Waals surface area contributed by atoms with Crippen LogP contribution in [-0.4, -0.2) is 4.98 Å². The normalized spacial score (nSPS) is 10.5. The van der Waals surface area contributed by atoms with Crippen LogP contribution in [0.15, 0.2) is 92.6 Å². The summed E-state index contributed by atoms with van der Waals surface area (Å²) in [6.07, 6.45) is 0. The summed E-state index contributed by atoms with van der Waals surface area (Å²) in [6.45, 7) is 0. The van der Waals surface area contributed by atoms with Crippen LogP contribution in [0.25, 0.3) is 0 Å². The van der Waals surface area contributed by atoms with E-state index < -0.39 is 0 Å². The molecule has 0 saturated carbocycles. The Morgan fingerprint density at radius 3 is 1.86 bits per heavy atom. The molecule has 0 bridgehead atoms. The molecule has 0 amide bonds. The van der Waals surface area contributed by atoms with E-state index in [0.717, 1.165) is 14.9 Å². The van der Waals surface area contributed by atoms with Gasteiger partial charge < -0.3 is 5.73 Å². The third-order valence-corrected chi connectivity index (χ3v) is 4.76. The second-order valence-electron chi connectivity index (χ2n) is 4.37. The molecule has 0 unspecified atom stereocenters. The Morgan fingerprint density at radius 1 is 0.667 bits per heavy atom. The van der Waals surface area contributed by atoms with Crippen LogP contribution in [0.5, 0.6) is 0 Å². The first-order valence-electron chi connectivity index (χ1n) is 6.53. The summed E-state index contributed by atoms with van der Waals surface area (Å²) >= 11 is 3.23. The Balaban J connectivity index is 1.83. The lowest BCUT2D eigenvalue weighted by molar-refractivity contribution is 1.01. The van der Waals surface area contributed by atoms with Gasteiger partial charge in [0.05, 0.1) is 5.69 Å². The molecule has 1 heterocycles. The van der Waals surface area contributed by atoms with Crippen molar-refractivity contribution in [2.24, 2.45) is 0 Å². The van der Waals surface area contributed by atoms with E-state index in [2.05, 4.69) is 29.2 Å². The van der Waals surface area contributed by atoms with Gasteiger partial charge in [-0.05, 0) is 36.4 Å². The van der Waals surface area contributed by atoms with Gasteiger partial charge in [-0.1, -0.05) is 59.9 Å². The summed E-state index contributed by atoms with van der Waals surface area (Å²) in [5, 5.41) is 1.80. The Morgan fingerprint density at radius 2 is 1.24 bits per heavy atom. The Kier molecular flexibility index (Phi) is 4.48. The summed E-state index contributed by atoms with van der Waals surface area (Å²) in [4.78, 5) is 6.97. The first kappa shape index (κ1) is 14.0. The topological polar surface area (TPSA) is 38.9 Å². The summed E-state index contributed by atoms with van der Waals surface area (Å²) in [7, 11) is 0. The van der Waals surface area contributed by atoms with Crippen LogP contribution in [0.4, 0.5) is 5.69 Å². The average Bonchev–Trinajstić information content (AvgIpc) is 2.53. The molecule has 3 rings (SSSR count). The second-order valence-corrected chi connectivity index (χ2v) is 6.53. The van der Waals surface area contributed by atoms with Crippen LogP contribution in [0, 0.1) is 0 Å². The lowest BCUT2D eigenvalue weighted by atomic mass is 10.4. The van der Waals surface area contributed by atoms with Gasteiger partial charge in [0, 0.05) is 9.79 Å². The molecule has 4 heteroatoms. The molecular weight excluding hydrogens is 296 g/mol. The summed E-state index contributed by atoms with van der Waals surface area (Å²) in [5.74, 6) is 0. The highest BCUT2D eigenvalue weighted by molar-refractivity contribution is 8.00. The number of nitrogens with zero attached hydrogens (tertiary/aromatic N) is 1. The molecule has 2 aromatic carbocycles. The molecule has 0 aliphatic carbocycles. The average molecular weight is 310 g/mol. The fourth-order valence-electron chi connectivity index (χ4n) is 1.78. The summed E-state index contributed by atoms with van der Waals surface area (Å²) in [6, 6.07) is 24.2. The van der Waals surface area contributed by atoms with Crippen LogP contribution in [0.3, 0.4) is 0 Å². The van der Waals surface area contributed by atoms with Gasteiger partial charge in [0.2, 0.25) is 0 Å². The van der Waals surface area contributed by atoms with Gasteiger partial charge >= 0.3 is 0 Å². The van der Waals surface area contributed by atoms with E-state index >= 15 is 0 Å². The van der Waals surface area contributed by atoms with E-state index in [-0.39, 0.29) is 0 Å². The monoisotopic (exact) mass is 310 g/mol. The molecule has 21 heavy (non-hydrogen) atoms. The number of aromatic nitrogens is 1. The van der Waals surface area contributed by atoms with Gasteiger partial charge in [0.25, 0.3) is 0 Å². The molecule has 104 valence electrons. The van der Waals surface area contributed by atoms with Crippen molar-refractivity contribution in [2.45, 2.75) is 19.8 Å². The van der Waals surface area contributed by atoms with Gasteiger partial charge in [-0.15, -0.1) is 0 Å². The van der Waals surface area contributed by atoms with Crippen LogP contribution in [-0.2, 0) is 0 Å². The highest BCUT2D eigenvalue weighted by Gasteiger charge is 2.06. The van der Waals surface area contributed by atoms with Crippen molar-refractivity contribution < 1.29 is 0 Å². The van der Waals surface area contributed by atoms with E-state index in [9.17, 15) is 0 Å². The smallest absolute Gasteiger partial charge is 0.125 e. The highest BCUT2D eigenvalue weighted by Crippen LogP contribution is 2.33. The highest BCUT2D eigenvalue weighted by atomic mass is 32.2. The SMILES string of the molecule is Nc1ccc(Sc2ccccc2)nc1Sc1ccccc1. The molecule has 0 atom stereocenters. The molecule has 2 N–H and O–H groups in total. The standard InChI is InChI=1S/C17H14N2S2/c18-15-11-12-16(20-13-7-3-1-4-8-13)19-17(15)21-14-9-5-2-6-10-14/h1-12H,18H2. The van der Waals surface area contributed by atoms with Crippen LogP contribution in [0.1, 0.15) is 0 Å². The number of rotatable bonds is 4. The van der Waals surface area contributed by atoms with Crippen molar-refractivity contribution in [1.82, 2.24) is 4.98 Å². The number of pyridine rings is 1. The van der Waals surface area contributed by atoms with Gasteiger partial charge in [-0.2, -0.15) is 0 Å². The molecule has 3 aromatic rings. The Hall–Kier alpha value is -1.91. The summed E-state index contributed by atoms with van der Waals surface area (Å²) in [5.41, 5.74) is 6.75. The van der Waals surface area contributed by atoms with Gasteiger partial charge in [0.1, 0.15) is 10.1 Å². The molecule has 2 nitrogen and oxygen atoms in total. The number of benzene rings is 2. The Labute approximate surface area is 132 Å². The maximum Gasteiger partial charge on any atom is 0.125 e. The van der Waals surface area contributed by atoms with Gasteiger partial charge in [0.15, 0.2) is 0 Å². The fourth-order valence-corrected chi connectivity index (χ4v) is 3.49. The molecular formula is C17H14N2S2. The van der Waals surface area contributed by atoms with Crippen molar-refractivity contribution in [3.8, 4) is 0 Å². The molecule has 0 saturated heterocycles. The number of nitrogen functional groups attached to an aromatic ring is 1. The second kappa shape index (κ2) is 6.70. The maximum atomic E-state index is 6.04. The predicted molar refractivity (Wildman–Crippen MR) is 89.8 cm³/mol. The zero-order valence-electron chi connectivity index (χ0n) is 11.3. The lowest BCUT2D eigenvalue weighted by Gasteiger charge is -2.07. The fraction of sp³-hybridized carbons (Fsp3) is 0. The number of hydrogen-bond acceptors (Lipinski definition) is 4. The van der Waals surface area contributed by atoms with Crippen molar-refractivity contribution in [3.63, 3.8) is 0 Å². The molecule has 0 radical (unpaired) electrons. The van der Waals surface area contributed by atoms with Crippen LogP contribution in [0.2, 0.25) is 0 Å². The number of anilines is 1. The van der Waals surface area contributed by atoms with E-state index in [1.165, 1.54) is 4.90 Å². The maximum absolute atomic E-state index is 6.04. The van der Waals surface area contributed by atoms with Gasteiger partial charge in [-0.25, -0.2) is 4.98 Å². The molecule has 1 aromatic heterocycles. The zero-order chi connectivity index (χ0) is 14.5. The number of hydrogen-bond donors (Lipinski definition) is 1. The first-order valence-corrected chi connectivity index (χ1v) is 8.17. The minimum Gasteiger partial charge on any atom is -0.397 e. The van der Waals surface area contributed by atoms with Crippen molar-refractivity contribution >= 4 is 29.2 Å². The van der Waals surface area contributed by atoms with Crippen molar-refractivity contribution in [1.29, 1.82) is 0 Å². The van der Waals surface area contributed by atoms with Crippen LogP contribution < -0.4 is 5.73 Å². The molecule has 0 aliphatic rings. The minimum absolute atomic E-state index is 0.710. The zero-order valence-corrected chi connectivity index (χ0v) is 12.9. The first-order chi connectivity index (χ1) is 10.3. The largest absolute Gasteiger partial charge is 0.397 e. The third-order valence-electron chi connectivity index (χ3n) is 2.79. The van der Waals surface area contributed by atoms with Crippen LogP contribution >= 0.6 is 23.5 Å².